The minimum Gasteiger partial charge on any atom is -0.443 e. The first kappa shape index (κ1) is 18.2. The summed E-state index contributed by atoms with van der Waals surface area (Å²) in [6.07, 6.45) is 0. The number of carbonyl (C=O) groups is 1. The molecule has 0 bridgehead atoms. The van der Waals surface area contributed by atoms with Crippen molar-refractivity contribution in [3.8, 4) is 0 Å². The zero-order valence-electron chi connectivity index (χ0n) is 14.8. The SMILES string of the molecule is Cc1cc(C)c(NC(=O)CNS(=O)(=O)c2cc3ccccc3o2)c(C)c1. The van der Waals surface area contributed by atoms with Gasteiger partial charge in [0.15, 0.2) is 0 Å². The Kier molecular flexibility index (Phi) is 4.84. The molecule has 0 saturated heterocycles. The molecule has 0 unspecified atom stereocenters. The van der Waals surface area contributed by atoms with Crippen molar-refractivity contribution in [1.82, 2.24) is 4.72 Å². The predicted octanol–water partition coefficient (Wildman–Crippen LogP) is 3.28. The van der Waals surface area contributed by atoms with E-state index in [2.05, 4.69) is 10.0 Å². The van der Waals surface area contributed by atoms with Crippen LogP contribution in [0.3, 0.4) is 0 Å². The van der Waals surface area contributed by atoms with Gasteiger partial charge in [0.2, 0.25) is 11.0 Å². The minimum atomic E-state index is -3.91. The third-order valence-electron chi connectivity index (χ3n) is 4.03. The van der Waals surface area contributed by atoms with Crippen molar-refractivity contribution in [2.45, 2.75) is 25.9 Å². The van der Waals surface area contributed by atoms with Crippen LogP contribution in [-0.2, 0) is 14.8 Å². The number of aryl methyl sites for hydroxylation is 3. The minimum absolute atomic E-state index is 0.214. The molecule has 0 radical (unpaired) electrons. The van der Waals surface area contributed by atoms with Gasteiger partial charge >= 0.3 is 0 Å². The van der Waals surface area contributed by atoms with Gasteiger partial charge in [-0.1, -0.05) is 35.9 Å². The van der Waals surface area contributed by atoms with Crippen LogP contribution in [0.4, 0.5) is 5.69 Å². The number of amides is 1. The first-order valence-electron chi connectivity index (χ1n) is 8.12. The first-order chi connectivity index (χ1) is 12.3. The maximum atomic E-state index is 12.4. The molecule has 6 nitrogen and oxygen atoms in total. The third kappa shape index (κ3) is 3.79. The van der Waals surface area contributed by atoms with Crippen molar-refractivity contribution < 1.29 is 17.6 Å². The van der Waals surface area contributed by atoms with E-state index in [9.17, 15) is 13.2 Å². The molecule has 0 aliphatic rings. The van der Waals surface area contributed by atoms with Crippen LogP contribution in [0.25, 0.3) is 11.0 Å². The average molecular weight is 372 g/mol. The lowest BCUT2D eigenvalue weighted by molar-refractivity contribution is -0.115. The summed E-state index contributed by atoms with van der Waals surface area (Å²) in [5, 5.41) is 3.23. The molecule has 7 heteroatoms. The predicted molar refractivity (Wildman–Crippen MR) is 101 cm³/mol. The fourth-order valence-electron chi connectivity index (χ4n) is 2.88. The van der Waals surface area contributed by atoms with E-state index >= 15 is 0 Å². The van der Waals surface area contributed by atoms with E-state index in [1.54, 1.807) is 24.3 Å². The van der Waals surface area contributed by atoms with E-state index in [1.165, 1.54) is 6.07 Å². The van der Waals surface area contributed by atoms with Gasteiger partial charge < -0.3 is 9.73 Å². The third-order valence-corrected chi connectivity index (χ3v) is 5.29. The number of hydrogen-bond donors (Lipinski definition) is 2. The summed E-state index contributed by atoms with van der Waals surface area (Å²) in [5.41, 5.74) is 4.13. The molecular weight excluding hydrogens is 352 g/mol. The molecule has 3 rings (SSSR count). The molecule has 2 N–H and O–H groups in total. The largest absolute Gasteiger partial charge is 0.443 e. The molecule has 2 aromatic carbocycles. The average Bonchev–Trinajstić information content (AvgIpc) is 3.01. The van der Waals surface area contributed by atoms with Crippen LogP contribution < -0.4 is 10.0 Å². The standard InChI is InChI=1S/C19H20N2O4S/c1-12-8-13(2)19(14(3)9-12)21-17(22)11-20-26(23,24)18-10-15-6-4-5-7-16(15)25-18/h4-10,20H,11H2,1-3H3,(H,21,22). The number of para-hydroxylation sites is 1. The van der Waals surface area contributed by atoms with Crippen molar-refractivity contribution >= 4 is 32.6 Å². The first-order valence-corrected chi connectivity index (χ1v) is 9.60. The summed E-state index contributed by atoms with van der Waals surface area (Å²) in [6.45, 7) is 5.39. The van der Waals surface area contributed by atoms with Crippen molar-refractivity contribution in [2.75, 3.05) is 11.9 Å². The van der Waals surface area contributed by atoms with Crippen LogP contribution in [0.15, 0.2) is 52.0 Å². The second kappa shape index (κ2) is 6.93. The molecule has 1 aromatic heterocycles. The van der Waals surface area contributed by atoms with Crippen LogP contribution >= 0.6 is 0 Å². The zero-order chi connectivity index (χ0) is 18.9. The highest BCUT2D eigenvalue weighted by Gasteiger charge is 2.20. The van der Waals surface area contributed by atoms with E-state index in [1.807, 2.05) is 32.9 Å². The number of furan rings is 1. The number of fused-ring (bicyclic) bond motifs is 1. The normalized spacial score (nSPS) is 11.7. The van der Waals surface area contributed by atoms with E-state index in [0.29, 0.717) is 16.7 Å². The van der Waals surface area contributed by atoms with Gasteiger partial charge in [-0.25, -0.2) is 8.42 Å². The zero-order valence-corrected chi connectivity index (χ0v) is 15.6. The molecule has 0 aliphatic heterocycles. The second-order valence-electron chi connectivity index (χ2n) is 6.25. The molecular formula is C19H20N2O4S. The molecule has 26 heavy (non-hydrogen) atoms. The molecule has 0 fully saturated rings. The Morgan fingerprint density at radius 3 is 2.35 bits per heavy atom. The Morgan fingerprint density at radius 1 is 1.04 bits per heavy atom. The Hall–Kier alpha value is -2.64. The summed E-state index contributed by atoms with van der Waals surface area (Å²) >= 11 is 0. The number of hydrogen-bond acceptors (Lipinski definition) is 4. The highest BCUT2D eigenvalue weighted by atomic mass is 32.2. The smallest absolute Gasteiger partial charge is 0.274 e. The summed E-state index contributed by atoms with van der Waals surface area (Å²) in [4.78, 5) is 12.2. The number of nitrogens with one attached hydrogen (secondary N) is 2. The van der Waals surface area contributed by atoms with Crippen LogP contribution in [0, 0.1) is 20.8 Å². The van der Waals surface area contributed by atoms with E-state index < -0.39 is 15.9 Å². The van der Waals surface area contributed by atoms with Gasteiger partial charge in [0.05, 0.1) is 6.54 Å². The van der Waals surface area contributed by atoms with Gasteiger partial charge in [-0.15, -0.1) is 0 Å². The fraction of sp³-hybridized carbons (Fsp3) is 0.211. The molecule has 0 spiro atoms. The molecule has 3 aromatic rings. The van der Waals surface area contributed by atoms with Crippen LogP contribution in [-0.4, -0.2) is 20.9 Å². The lowest BCUT2D eigenvalue weighted by Crippen LogP contribution is -2.33. The molecule has 136 valence electrons. The molecule has 0 aliphatic carbocycles. The van der Waals surface area contributed by atoms with Gasteiger partial charge in [0.1, 0.15) is 5.58 Å². The van der Waals surface area contributed by atoms with Crippen molar-refractivity contribution in [3.63, 3.8) is 0 Å². The van der Waals surface area contributed by atoms with E-state index in [0.717, 1.165) is 16.7 Å². The van der Waals surface area contributed by atoms with Crippen LogP contribution in [0.2, 0.25) is 0 Å². The van der Waals surface area contributed by atoms with Crippen molar-refractivity contribution in [1.29, 1.82) is 0 Å². The molecule has 1 amide bonds. The highest BCUT2D eigenvalue weighted by molar-refractivity contribution is 7.89. The Balaban J connectivity index is 1.70. The van der Waals surface area contributed by atoms with Crippen molar-refractivity contribution in [3.05, 3.63) is 59.2 Å². The fourth-order valence-corrected chi connectivity index (χ4v) is 3.83. The summed E-state index contributed by atoms with van der Waals surface area (Å²) in [5.74, 6) is -0.445. The summed E-state index contributed by atoms with van der Waals surface area (Å²) < 4.78 is 32.3. The molecule has 0 atom stereocenters. The number of sulfonamides is 1. The lowest BCUT2D eigenvalue weighted by atomic mass is 10.1. The van der Waals surface area contributed by atoms with Gasteiger partial charge in [-0.2, -0.15) is 4.72 Å². The van der Waals surface area contributed by atoms with Gasteiger partial charge in [-0.05, 0) is 38.0 Å². The lowest BCUT2D eigenvalue weighted by Gasteiger charge is -2.13. The number of benzene rings is 2. The second-order valence-corrected chi connectivity index (χ2v) is 7.95. The van der Waals surface area contributed by atoms with E-state index in [4.69, 9.17) is 4.42 Å². The van der Waals surface area contributed by atoms with Gasteiger partial charge in [-0.3, -0.25) is 4.79 Å². The Labute approximate surface area is 152 Å². The topological polar surface area (TPSA) is 88.4 Å². The van der Waals surface area contributed by atoms with Gasteiger partial charge in [0, 0.05) is 17.1 Å². The van der Waals surface area contributed by atoms with E-state index in [-0.39, 0.29) is 11.6 Å². The van der Waals surface area contributed by atoms with Crippen LogP contribution in [0.1, 0.15) is 16.7 Å². The summed E-state index contributed by atoms with van der Waals surface area (Å²) in [7, 11) is -3.91. The van der Waals surface area contributed by atoms with Crippen molar-refractivity contribution in [2.24, 2.45) is 0 Å². The Bertz CT molecular complexity index is 1030. The molecule has 0 saturated carbocycles. The highest BCUT2D eigenvalue weighted by Crippen LogP contribution is 2.23. The maximum Gasteiger partial charge on any atom is 0.274 e. The number of rotatable bonds is 5. The number of anilines is 1. The quantitative estimate of drug-likeness (QED) is 0.719. The number of carbonyl (C=O) groups excluding carboxylic acids is 1. The molecule has 1 heterocycles. The monoisotopic (exact) mass is 372 g/mol. The maximum absolute atomic E-state index is 12.4. The summed E-state index contributed by atoms with van der Waals surface area (Å²) in [6, 6.07) is 12.3. The Morgan fingerprint density at radius 2 is 1.69 bits per heavy atom. The van der Waals surface area contributed by atoms with Crippen LogP contribution in [0.5, 0.6) is 0 Å². The van der Waals surface area contributed by atoms with Gasteiger partial charge in [0.25, 0.3) is 10.0 Å².